The molecule has 20 heavy (non-hydrogen) atoms. The van der Waals surface area contributed by atoms with Crippen molar-refractivity contribution in [2.24, 2.45) is 5.84 Å². The van der Waals surface area contributed by atoms with Gasteiger partial charge in [-0.05, 0) is 27.7 Å². The highest BCUT2D eigenvalue weighted by Gasteiger charge is 2.25. The molecule has 1 saturated heterocycles. The Morgan fingerprint density at radius 2 is 1.90 bits per heavy atom. The lowest BCUT2D eigenvalue weighted by molar-refractivity contribution is -0.00578. The number of nitrogens with one attached hydrogen (secondary N) is 1. The van der Waals surface area contributed by atoms with Gasteiger partial charge in [0.2, 0.25) is 11.9 Å². The maximum Gasteiger partial charge on any atom is 0.323 e. The molecule has 0 aromatic carbocycles. The van der Waals surface area contributed by atoms with Gasteiger partial charge in [-0.25, -0.2) is 5.84 Å². The van der Waals surface area contributed by atoms with Gasteiger partial charge in [0.05, 0.1) is 18.3 Å². The Morgan fingerprint density at radius 3 is 2.45 bits per heavy atom. The Hall–Kier alpha value is -1.67. The molecule has 0 unspecified atom stereocenters. The number of hydrazine groups is 1. The molecule has 2 rings (SSSR count). The van der Waals surface area contributed by atoms with Crippen molar-refractivity contribution >= 4 is 11.9 Å². The van der Waals surface area contributed by atoms with Crippen LogP contribution in [-0.4, -0.2) is 46.4 Å². The van der Waals surface area contributed by atoms with E-state index >= 15 is 0 Å². The third kappa shape index (κ3) is 3.67. The lowest BCUT2D eigenvalue weighted by Crippen LogP contribution is -2.46. The highest BCUT2D eigenvalue weighted by molar-refractivity contribution is 5.38. The van der Waals surface area contributed by atoms with Crippen molar-refractivity contribution < 1.29 is 9.47 Å². The van der Waals surface area contributed by atoms with Gasteiger partial charge in [-0.15, -0.1) is 0 Å². The Balaban J connectivity index is 2.25. The van der Waals surface area contributed by atoms with Gasteiger partial charge >= 0.3 is 6.01 Å². The van der Waals surface area contributed by atoms with Crippen LogP contribution >= 0.6 is 0 Å². The minimum absolute atomic E-state index is 0.0154. The number of rotatable bonds is 4. The van der Waals surface area contributed by atoms with Gasteiger partial charge in [-0.3, -0.25) is 5.43 Å². The van der Waals surface area contributed by atoms with Crippen molar-refractivity contribution in [2.75, 3.05) is 23.4 Å². The van der Waals surface area contributed by atoms with Gasteiger partial charge in [0.15, 0.2) is 0 Å². The zero-order valence-corrected chi connectivity index (χ0v) is 12.3. The molecule has 0 saturated carbocycles. The van der Waals surface area contributed by atoms with Crippen molar-refractivity contribution in [3.8, 4) is 6.01 Å². The number of hydrogen-bond donors (Lipinski definition) is 2. The number of nitrogen functional groups attached to an aromatic ring is 1. The summed E-state index contributed by atoms with van der Waals surface area (Å²) < 4.78 is 11.2. The summed E-state index contributed by atoms with van der Waals surface area (Å²) >= 11 is 0. The van der Waals surface area contributed by atoms with E-state index in [1.807, 2.05) is 27.7 Å². The van der Waals surface area contributed by atoms with Gasteiger partial charge in [-0.1, -0.05) is 0 Å². The topological polar surface area (TPSA) is 98.4 Å². The first-order chi connectivity index (χ1) is 9.47. The molecule has 1 aromatic rings. The average Bonchev–Trinajstić information content (AvgIpc) is 2.36. The predicted molar refractivity (Wildman–Crippen MR) is 75.6 cm³/mol. The first kappa shape index (κ1) is 14.7. The SMILES string of the molecule is CC(C)Oc1nc(NN)nc(N2C[C@@H](C)O[C@@H](C)C2)n1. The molecule has 0 radical (unpaired) electrons. The molecule has 8 heteroatoms. The molecule has 0 aliphatic carbocycles. The number of nitrogens with zero attached hydrogens (tertiary/aromatic N) is 4. The maximum atomic E-state index is 5.70. The van der Waals surface area contributed by atoms with Crippen LogP contribution in [-0.2, 0) is 4.74 Å². The summed E-state index contributed by atoms with van der Waals surface area (Å²) in [7, 11) is 0. The van der Waals surface area contributed by atoms with Crippen molar-refractivity contribution in [3.05, 3.63) is 0 Å². The summed E-state index contributed by atoms with van der Waals surface area (Å²) in [6.45, 7) is 9.32. The molecule has 112 valence electrons. The molecule has 1 fully saturated rings. The fraction of sp³-hybridized carbons (Fsp3) is 0.750. The number of anilines is 2. The first-order valence-corrected chi connectivity index (χ1v) is 6.77. The maximum absolute atomic E-state index is 5.70. The summed E-state index contributed by atoms with van der Waals surface area (Å²) in [5, 5.41) is 0. The van der Waals surface area contributed by atoms with Crippen molar-refractivity contribution in [3.63, 3.8) is 0 Å². The Labute approximate surface area is 118 Å². The van der Waals surface area contributed by atoms with E-state index in [0.29, 0.717) is 5.95 Å². The minimum Gasteiger partial charge on any atom is -0.461 e. The highest BCUT2D eigenvalue weighted by Crippen LogP contribution is 2.20. The van der Waals surface area contributed by atoms with Gasteiger partial charge in [0.1, 0.15) is 0 Å². The third-order valence-electron chi connectivity index (χ3n) is 2.78. The Morgan fingerprint density at radius 1 is 1.25 bits per heavy atom. The molecule has 0 bridgehead atoms. The second-order valence-electron chi connectivity index (χ2n) is 5.21. The first-order valence-electron chi connectivity index (χ1n) is 6.77. The molecule has 1 aliphatic heterocycles. The van der Waals surface area contributed by atoms with Crippen LogP contribution in [0.5, 0.6) is 6.01 Å². The van der Waals surface area contributed by atoms with Crippen LogP contribution < -0.4 is 20.9 Å². The Bertz CT molecular complexity index is 446. The molecule has 0 amide bonds. The lowest BCUT2D eigenvalue weighted by Gasteiger charge is -2.35. The Kier molecular flexibility index (Phi) is 4.56. The molecular weight excluding hydrogens is 260 g/mol. The number of ether oxygens (including phenoxy) is 2. The number of hydrogen-bond acceptors (Lipinski definition) is 8. The summed E-state index contributed by atoms with van der Waals surface area (Å²) in [5.74, 6) is 6.24. The highest BCUT2D eigenvalue weighted by atomic mass is 16.5. The van der Waals surface area contributed by atoms with Crippen LogP contribution in [0.3, 0.4) is 0 Å². The fourth-order valence-corrected chi connectivity index (χ4v) is 2.16. The third-order valence-corrected chi connectivity index (χ3v) is 2.78. The van der Waals surface area contributed by atoms with Crippen molar-refractivity contribution in [2.45, 2.75) is 46.0 Å². The molecule has 2 atom stereocenters. The molecule has 1 aromatic heterocycles. The van der Waals surface area contributed by atoms with E-state index in [-0.39, 0.29) is 30.3 Å². The quantitative estimate of drug-likeness (QED) is 0.610. The van der Waals surface area contributed by atoms with Gasteiger partial charge in [0.25, 0.3) is 0 Å². The molecule has 3 N–H and O–H groups in total. The smallest absolute Gasteiger partial charge is 0.323 e. The van der Waals surface area contributed by atoms with Crippen LogP contribution in [0.1, 0.15) is 27.7 Å². The number of morpholine rings is 1. The van der Waals surface area contributed by atoms with E-state index in [1.54, 1.807) is 0 Å². The standard InChI is InChI=1S/C12H22N6O2/c1-7(2)19-12-15-10(17-13)14-11(16-12)18-5-8(3)20-9(4)6-18/h7-9H,5-6,13H2,1-4H3,(H,14,15,16,17)/t8-,9+. The van der Waals surface area contributed by atoms with Crippen LogP contribution in [0.25, 0.3) is 0 Å². The normalized spacial score (nSPS) is 23.0. The van der Waals surface area contributed by atoms with Gasteiger partial charge < -0.3 is 14.4 Å². The molecular formula is C12H22N6O2. The van der Waals surface area contributed by atoms with Gasteiger partial charge in [-0.2, -0.15) is 15.0 Å². The number of nitrogens with two attached hydrogens (primary N) is 1. The minimum atomic E-state index is -0.0154. The van der Waals surface area contributed by atoms with E-state index in [4.69, 9.17) is 15.3 Å². The molecule has 8 nitrogen and oxygen atoms in total. The van der Waals surface area contributed by atoms with Crippen LogP contribution in [0.2, 0.25) is 0 Å². The summed E-state index contributed by atoms with van der Waals surface area (Å²) in [4.78, 5) is 14.8. The average molecular weight is 282 g/mol. The fourth-order valence-electron chi connectivity index (χ4n) is 2.16. The lowest BCUT2D eigenvalue weighted by atomic mass is 10.2. The summed E-state index contributed by atoms with van der Waals surface area (Å²) in [5.41, 5.74) is 2.44. The zero-order chi connectivity index (χ0) is 14.7. The van der Waals surface area contributed by atoms with E-state index in [2.05, 4.69) is 25.3 Å². The second kappa shape index (κ2) is 6.19. The van der Waals surface area contributed by atoms with E-state index in [9.17, 15) is 0 Å². The van der Waals surface area contributed by atoms with Crippen LogP contribution in [0, 0.1) is 0 Å². The molecule has 1 aliphatic rings. The van der Waals surface area contributed by atoms with E-state index in [1.165, 1.54) is 0 Å². The largest absolute Gasteiger partial charge is 0.461 e. The molecule has 0 spiro atoms. The zero-order valence-electron chi connectivity index (χ0n) is 12.3. The predicted octanol–water partition coefficient (Wildman–Crippen LogP) is 0.558. The van der Waals surface area contributed by atoms with E-state index in [0.717, 1.165) is 13.1 Å². The van der Waals surface area contributed by atoms with Crippen LogP contribution in [0.4, 0.5) is 11.9 Å². The van der Waals surface area contributed by atoms with E-state index < -0.39 is 0 Å². The second-order valence-corrected chi connectivity index (χ2v) is 5.21. The van der Waals surface area contributed by atoms with Crippen molar-refractivity contribution in [1.82, 2.24) is 15.0 Å². The molecule has 2 heterocycles. The number of aromatic nitrogens is 3. The van der Waals surface area contributed by atoms with Crippen molar-refractivity contribution in [1.29, 1.82) is 0 Å². The summed E-state index contributed by atoms with van der Waals surface area (Å²) in [6, 6.07) is 0.268. The monoisotopic (exact) mass is 282 g/mol. The van der Waals surface area contributed by atoms with Crippen LogP contribution in [0.15, 0.2) is 0 Å². The summed E-state index contributed by atoms with van der Waals surface area (Å²) in [6.07, 6.45) is 0.233. The van der Waals surface area contributed by atoms with Gasteiger partial charge in [0, 0.05) is 13.1 Å².